The largest absolute Gasteiger partial charge is 0.496 e. The van der Waals surface area contributed by atoms with Gasteiger partial charge in [-0.1, -0.05) is 12.1 Å². The lowest BCUT2D eigenvalue weighted by atomic mass is 9.93. The molecule has 1 saturated carbocycles. The van der Waals surface area contributed by atoms with Crippen molar-refractivity contribution in [1.82, 2.24) is 10.2 Å². The Morgan fingerprint density at radius 1 is 1.42 bits per heavy atom. The van der Waals surface area contributed by atoms with E-state index in [0.717, 1.165) is 36.1 Å². The summed E-state index contributed by atoms with van der Waals surface area (Å²) >= 11 is 0. The molecule has 0 bridgehead atoms. The number of ether oxygens (including phenoxy) is 2. The summed E-state index contributed by atoms with van der Waals surface area (Å²) in [7, 11) is 1.65. The summed E-state index contributed by atoms with van der Waals surface area (Å²) in [5.74, 6) is 0.886. The van der Waals surface area contributed by atoms with Crippen LogP contribution in [0.3, 0.4) is 0 Å². The highest BCUT2D eigenvalue weighted by Crippen LogP contribution is 2.49. The van der Waals surface area contributed by atoms with Crippen LogP contribution in [-0.2, 0) is 14.9 Å². The summed E-state index contributed by atoms with van der Waals surface area (Å²) in [6.45, 7) is 4.27. The normalized spacial score (nSPS) is 18.2. The third-order valence-corrected chi connectivity index (χ3v) is 4.88. The second-order valence-corrected chi connectivity index (χ2v) is 6.48. The number of carbonyl (C=O) groups excluding carboxylic acids is 2. The number of nitrogens with zero attached hydrogens (tertiary/aromatic N) is 1. The second-order valence-electron chi connectivity index (χ2n) is 6.48. The van der Waals surface area contributed by atoms with E-state index in [4.69, 9.17) is 9.47 Å². The van der Waals surface area contributed by atoms with E-state index in [9.17, 15) is 9.59 Å². The first-order chi connectivity index (χ1) is 11.6. The highest BCUT2D eigenvalue weighted by molar-refractivity contribution is 5.91. The number of hydrogen-bond acceptors (Lipinski definition) is 4. The second kappa shape index (κ2) is 6.71. The first-order valence-corrected chi connectivity index (χ1v) is 8.42. The number of hydrogen-bond donors (Lipinski definition) is 1. The molecule has 24 heavy (non-hydrogen) atoms. The molecule has 0 atom stereocenters. The minimum absolute atomic E-state index is 0.0670. The van der Waals surface area contributed by atoms with Crippen LogP contribution in [0.4, 0.5) is 4.79 Å². The molecule has 0 aromatic heterocycles. The highest BCUT2D eigenvalue weighted by Gasteiger charge is 2.51. The predicted octanol–water partition coefficient (Wildman–Crippen LogP) is 1.99. The molecule has 3 rings (SSSR count). The molecule has 1 aliphatic heterocycles. The molecule has 130 valence electrons. The minimum atomic E-state index is -0.409. The first kappa shape index (κ1) is 16.6. The van der Waals surface area contributed by atoms with E-state index in [1.807, 2.05) is 25.1 Å². The fourth-order valence-corrected chi connectivity index (χ4v) is 3.16. The summed E-state index contributed by atoms with van der Waals surface area (Å²) in [5, 5.41) is 3.02. The summed E-state index contributed by atoms with van der Waals surface area (Å²) < 4.78 is 10.3. The summed E-state index contributed by atoms with van der Waals surface area (Å²) in [6, 6.07) is 5.99. The zero-order valence-corrected chi connectivity index (χ0v) is 14.3. The third kappa shape index (κ3) is 3.18. The van der Waals surface area contributed by atoms with Crippen LogP contribution < -0.4 is 10.1 Å². The van der Waals surface area contributed by atoms with Crippen LogP contribution in [0.5, 0.6) is 5.75 Å². The molecule has 1 saturated heterocycles. The molecule has 1 aliphatic carbocycles. The van der Waals surface area contributed by atoms with Crippen molar-refractivity contribution in [3.63, 3.8) is 0 Å². The van der Waals surface area contributed by atoms with Gasteiger partial charge in [-0.3, -0.25) is 4.79 Å². The van der Waals surface area contributed by atoms with E-state index in [2.05, 4.69) is 5.32 Å². The SMILES string of the molecule is COc1cc(C2(C(=O)NCCCN3CCOC3=O)CC2)ccc1C. The minimum Gasteiger partial charge on any atom is -0.496 e. The number of rotatable bonds is 7. The Morgan fingerprint density at radius 3 is 2.83 bits per heavy atom. The molecular weight excluding hydrogens is 308 g/mol. The van der Waals surface area contributed by atoms with Gasteiger partial charge in [0.25, 0.3) is 0 Å². The average molecular weight is 332 g/mol. The zero-order valence-electron chi connectivity index (χ0n) is 14.3. The van der Waals surface area contributed by atoms with Crippen LogP contribution in [0.1, 0.15) is 30.4 Å². The van der Waals surface area contributed by atoms with Crippen molar-refractivity contribution in [2.24, 2.45) is 0 Å². The van der Waals surface area contributed by atoms with Gasteiger partial charge in [0.1, 0.15) is 12.4 Å². The van der Waals surface area contributed by atoms with Gasteiger partial charge in [-0.05, 0) is 43.4 Å². The van der Waals surface area contributed by atoms with Gasteiger partial charge >= 0.3 is 6.09 Å². The van der Waals surface area contributed by atoms with Gasteiger partial charge in [-0.2, -0.15) is 0 Å². The Kier molecular flexibility index (Phi) is 4.64. The summed E-state index contributed by atoms with van der Waals surface area (Å²) in [4.78, 5) is 25.6. The summed E-state index contributed by atoms with van der Waals surface area (Å²) in [5.41, 5.74) is 1.67. The van der Waals surface area contributed by atoms with Gasteiger partial charge in [-0.15, -0.1) is 0 Å². The monoisotopic (exact) mass is 332 g/mol. The maximum absolute atomic E-state index is 12.6. The Balaban J connectivity index is 1.53. The molecule has 2 aliphatic rings. The number of methoxy groups -OCH3 is 1. The van der Waals surface area contributed by atoms with Crippen molar-refractivity contribution in [3.8, 4) is 5.75 Å². The molecule has 1 N–H and O–H groups in total. The Hall–Kier alpha value is -2.24. The maximum atomic E-state index is 12.6. The fraction of sp³-hybridized carbons (Fsp3) is 0.556. The van der Waals surface area contributed by atoms with Crippen LogP contribution >= 0.6 is 0 Å². The van der Waals surface area contributed by atoms with E-state index in [0.29, 0.717) is 26.2 Å². The number of nitrogens with one attached hydrogen (secondary N) is 1. The number of cyclic esters (lactones) is 1. The molecule has 1 heterocycles. The van der Waals surface area contributed by atoms with Gasteiger partial charge < -0.3 is 19.7 Å². The third-order valence-electron chi connectivity index (χ3n) is 4.88. The molecule has 0 unspecified atom stereocenters. The molecule has 2 amide bonds. The average Bonchev–Trinajstić information content (AvgIpc) is 3.30. The maximum Gasteiger partial charge on any atom is 0.409 e. The van der Waals surface area contributed by atoms with Crippen molar-refractivity contribution < 1.29 is 19.1 Å². The predicted molar refractivity (Wildman–Crippen MR) is 89.2 cm³/mol. The van der Waals surface area contributed by atoms with Crippen LogP contribution in [0, 0.1) is 6.92 Å². The van der Waals surface area contributed by atoms with Crippen molar-refractivity contribution in [2.75, 3.05) is 33.4 Å². The molecule has 6 heteroatoms. The van der Waals surface area contributed by atoms with Crippen molar-refractivity contribution >= 4 is 12.0 Å². The van der Waals surface area contributed by atoms with Gasteiger partial charge in [0.05, 0.1) is 19.1 Å². The number of benzene rings is 1. The Bertz CT molecular complexity index is 640. The van der Waals surface area contributed by atoms with Crippen molar-refractivity contribution in [3.05, 3.63) is 29.3 Å². The lowest BCUT2D eigenvalue weighted by Crippen LogP contribution is -2.36. The quantitative estimate of drug-likeness (QED) is 0.776. The van der Waals surface area contributed by atoms with Gasteiger partial charge in [0.2, 0.25) is 5.91 Å². The van der Waals surface area contributed by atoms with Gasteiger partial charge in [0, 0.05) is 13.1 Å². The molecule has 1 aromatic carbocycles. The van der Waals surface area contributed by atoms with Gasteiger partial charge in [-0.25, -0.2) is 4.79 Å². The van der Waals surface area contributed by atoms with E-state index >= 15 is 0 Å². The molecule has 0 spiro atoms. The molecule has 2 fully saturated rings. The van der Waals surface area contributed by atoms with Crippen LogP contribution in [-0.4, -0.2) is 50.3 Å². The Labute approximate surface area is 142 Å². The topological polar surface area (TPSA) is 67.9 Å². The van der Waals surface area contributed by atoms with E-state index in [1.54, 1.807) is 12.0 Å². The van der Waals surface area contributed by atoms with E-state index < -0.39 is 5.41 Å². The van der Waals surface area contributed by atoms with E-state index in [1.165, 1.54) is 0 Å². The lowest BCUT2D eigenvalue weighted by molar-refractivity contribution is -0.123. The van der Waals surface area contributed by atoms with E-state index in [-0.39, 0.29) is 12.0 Å². The standard InChI is InChI=1S/C18H24N2O4/c1-13-4-5-14(12-15(13)23-2)18(6-7-18)16(21)19-8-3-9-20-10-11-24-17(20)22/h4-5,12H,3,6-11H2,1-2H3,(H,19,21). The number of aryl methyl sites for hydroxylation is 1. The first-order valence-electron chi connectivity index (χ1n) is 8.42. The lowest BCUT2D eigenvalue weighted by Gasteiger charge is -2.18. The summed E-state index contributed by atoms with van der Waals surface area (Å²) in [6.07, 6.45) is 2.20. The van der Waals surface area contributed by atoms with Gasteiger partial charge in [0.15, 0.2) is 0 Å². The molecule has 1 aromatic rings. The Morgan fingerprint density at radius 2 is 2.21 bits per heavy atom. The van der Waals surface area contributed by atoms with Crippen LogP contribution in [0.15, 0.2) is 18.2 Å². The number of carbonyl (C=O) groups is 2. The van der Waals surface area contributed by atoms with Crippen molar-refractivity contribution in [1.29, 1.82) is 0 Å². The molecule has 0 radical (unpaired) electrons. The molecular formula is C18H24N2O4. The molecule has 6 nitrogen and oxygen atoms in total. The highest BCUT2D eigenvalue weighted by atomic mass is 16.6. The smallest absolute Gasteiger partial charge is 0.409 e. The van der Waals surface area contributed by atoms with Crippen LogP contribution in [0.25, 0.3) is 0 Å². The van der Waals surface area contributed by atoms with Crippen molar-refractivity contribution in [2.45, 2.75) is 31.6 Å². The zero-order chi connectivity index (χ0) is 17.2. The fourth-order valence-electron chi connectivity index (χ4n) is 3.16. The van der Waals surface area contributed by atoms with Crippen LogP contribution in [0.2, 0.25) is 0 Å². The number of amides is 2.